The Kier molecular flexibility index (Phi) is 6.48. The standard InChI is InChI=1S/C23H23N5O2S2/c1-14-5-4-6-16(11-14)21-26-27-23(31)28(21)10-9-20(29)25-22-24-18(13-32-22)17-12-15(2)7-8-19(17)30-3/h4-8,11-13H,9-10H2,1-3H3,(H,27,31)(H,24,25,29). The van der Waals surface area contributed by atoms with E-state index in [0.717, 1.165) is 39.5 Å². The highest BCUT2D eigenvalue weighted by molar-refractivity contribution is 7.71. The van der Waals surface area contributed by atoms with Crippen molar-refractivity contribution in [3.05, 3.63) is 63.7 Å². The molecule has 0 spiro atoms. The Morgan fingerprint density at radius 3 is 2.81 bits per heavy atom. The second-order valence-electron chi connectivity index (χ2n) is 7.41. The van der Waals surface area contributed by atoms with Gasteiger partial charge < -0.3 is 10.1 Å². The number of aromatic nitrogens is 4. The molecule has 4 rings (SSSR count). The number of ether oxygens (including phenoxy) is 1. The number of thiazole rings is 1. The monoisotopic (exact) mass is 465 g/mol. The van der Waals surface area contributed by atoms with Crippen molar-refractivity contribution in [1.82, 2.24) is 19.7 Å². The number of carbonyl (C=O) groups is 1. The average Bonchev–Trinajstić information content (AvgIpc) is 3.38. The first-order valence-electron chi connectivity index (χ1n) is 10.1. The van der Waals surface area contributed by atoms with E-state index in [0.29, 0.717) is 16.4 Å². The van der Waals surface area contributed by atoms with Gasteiger partial charge in [0, 0.05) is 29.5 Å². The van der Waals surface area contributed by atoms with Gasteiger partial charge in [-0.3, -0.25) is 14.5 Å². The summed E-state index contributed by atoms with van der Waals surface area (Å²) in [7, 11) is 1.63. The molecular formula is C23H23N5O2S2. The van der Waals surface area contributed by atoms with E-state index < -0.39 is 0 Å². The Balaban J connectivity index is 1.45. The largest absolute Gasteiger partial charge is 0.496 e. The molecule has 0 unspecified atom stereocenters. The van der Waals surface area contributed by atoms with Crippen LogP contribution in [-0.2, 0) is 11.3 Å². The van der Waals surface area contributed by atoms with Gasteiger partial charge >= 0.3 is 0 Å². The van der Waals surface area contributed by atoms with Crippen LogP contribution in [0.3, 0.4) is 0 Å². The van der Waals surface area contributed by atoms with Gasteiger partial charge in [-0.2, -0.15) is 5.10 Å². The first-order valence-corrected chi connectivity index (χ1v) is 11.4. The minimum Gasteiger partial charge on any atom is -0.496 e. The zero-order chi connectivity index (χ0) is 22.7. The number of rotatable bonds is 7. The number of methoxy groups -OCH3 is 1. The van der Waals surface area contributed by atoms with E-state index in [4.69, 9.17) is 17.0 Å². The molecule has 164 valence electrons. The summed E-state index contributed by atoms with van der Waals surface area (Å²) in [6.07, 6.45) is 0.245. The number of amides is 1. The molecule has 0 bridgehead atoms. The molecule has 2 N–H and O–H groups in total. The van der Waals surface area contributed by atoms with Crippen LogP contribution in [0.5, 0.6) is 5.75 Å². The molecule has 0 atom stereocenters. The average molecular weight is 466 g/mol. The molecule has 7 nitrogen and oxygen atoms in total. The SMILES string of the molecule is COc1ccc(C)cc1-c1csc(NC(=O)CCn2c(-c3cccc(C)c3)n[nH]c2=S)n1. The lowest BCUT2D eigenvalue weighted by atomic mass is 10.1. The number of aromatic amines is 1. The molecule has 0 saturated heterocycles. The topological polar surface area (TPSA) is 84.8 Å². The Morgan fingerprint density at radius 2 is 2.03 bits per heavy atom. The third-order valence-electron chi connectivity index (χ3n) is 4.98. The van der Waals surface area contributed by atoms with Crippen LogP contribution < -0.4 is 10.1 Å². The number of aryl methyl sites for hydroxylation is 2. The first-order chi connectivity index (χ1) is 15.4. The molecular weight excluding hydrogens is 442 g/mol. The summed E-state index contributed by atoms with van der Waals surface area (Å²) in [5.41, 5.74) is 4.86. The normalized spacial score (nSPS) is 10.8. The van der Waals surface area contributed by atoms with Gasteiger partial charge in [-0.05, 0) is 44.3 Å². The lowest BCUT2D eigenvalue weighted by Gasteiger charge is -2.08. The number of H-pyrrole nitrogens is 1. The van der Waals surface area contributed by atoms with Crippen molar-refractivity contribution in [2.75, 3.05) is 12.4 Å². The summed E-state index contributed by atoms with van der Waals surface area (Å²) in [4.78, 5) is 17.2. The first kappa shape index (κ1) is 21.9. The third-order valence-corrected chi connectivity index (χ3v) is 6.05. The molecule has 0 aliphatic heterocycles. The van der Waals surface area contributed by atoms with E-state index in [1.165, 1.54) is 11.3 Å². The van der Waals surface area contributed by atoms with Gasteiger partial charge in [0.15, 0.2) is 15.7 Å². The van der Waals surface area contributed by atoms with Crippen LogP contribution in [0.1, 0.15) is 17.5 Å². The highest BCUT2D eigenvalue weighted by Gasteiger charge is 2.14. The molecule has 0 aliphatic carbocycles. The second-order valence-corrected chi connectivity index (χ2v) is 8.66. The van der Waals surface area contributed by atoms with Gasteiger partial charge in [-0.1, -0.05) is 35.4 Å². The molecule has 0 radical (unpaired) electrons. The Morgan fingerprint density at radius 1 is 1.22 bits per heavy atom. The quantitative estimate of drug-likeness (QED) is 0.358. The zero-order valence-corrected chi connectivity index (χ0v) is 19.6. The summed E-state index contributed by atoms with van der Waals surface area (Å²) in [5, 5.41) is 12.5. The molecule has 2 aromatic heterocycles. The number of anilines is 1. The summed E-state index contributed by atoms with van der Waals surface area (Å²) in [6.45, 7) is 4.45. The number of hydrogen-bond donors (Lipinski definition) is 2. The summed E-state index contributed by atoms with van der Waals surface area (Å²) in [6, 6.07) is 13.9. The van der Waals surface area contributed by atoms with E-state index in [2.05, 4.69) is 20.5 Å². The van der Waals surface area contributed by atoms with Gasteiger partial charge in [0.25, 0.3) is 0 Å². The second kappa shape index (κ2) is 9.46. The number of benzene rings is 2. The summed E-state index contributed by atoms with van der Waals surface area (Å²) in [5.74, 6) is 1.33. The molecule has 9 heteroatoms. The predicted octanol–water partition coefficient (Wildman–Crippen LogP) is 5.39. The fraction of sp³-hybridized carbons (Fsp3) is 0.217. The minimum absolute atomic E-state index is 0.139. The Bertz CT molecular complexity index is 1320. The van der Waals surface area contributed by atoms with Gasteiger partial charge in [-0.25, -0.2) is 4.98 Å². The van der Waals surface area contributed by atoms with Crippen LogP contribution in [-0.4, -0.2) is 32.8 Å². The maximum Gasteiger partial charge on any atom is 0.227 e. The Hall–Kier alpha value is -3.30. The summed E-state index contributed by atoms with van der Waals surface area (Å²) >= 11 is 6.75. The minimum atomic E-state index is -0.139. The van der Waals surface area contributed by atoms with Crippen LogP contribution >= 0.6 is 23.6 Å². The van der Waals surface area contributed by atoms with Gasteiger partial charge in [-0.15, -0.1) is 11.3 Å². The number of hydrogen-bond acceptors (Lipinski definition) is 6. The highest BCUT2D eigenvalue weighted by atomic mass is 32.1. The van der Waals surface area contributed by atoms with Crippen molar-refractivity contribution in [3.63, 3.8) is 0 Å². The predicted molar refractivity (Wildman–Crippen MR) is 130 cm³/mol. The van der Waals surface area contributed by atoms with Gasteiger partial charge in [0.1, 0.15) is 5.75 Å². The number of nitrogens with one attached hydrogen (secondary N) is 2. The van der Waals surface area contributed by atoms with E-state index in [-0.39, 0.29) is 12.3 Å². The molecule has 0 aliphatic rings. The molecule has 32 heavy (non-hydrogen) atoms. The van der Waals surface area contributed by atoms with Crippen molar-refractivity contribution in [2.45, 2.75) is 26.8 Å². The smallest absolute Gasteiger partial charge is 0.227 e. The maximum atomic E-state index is 12.6. The van der Waals surface area contributed by atoms with E-state index in [1.54, 1.807) is 7.11 Å². The zero-order valence-electron chi connectivity index (χ0n) is 18.0. The van der Waals surface area contributed by atoms with E-state index in [1.807, 2.05) is 66.3 Å². The van der Waals surface area contributed by atoms with Crippen LogP contribution in [0.2, 0.25) is 0 Å². The van der Waals surface area contributed by atoms with E-state index >= 15 is 0 Å². The van der Waals surface area contributed by atoms with Crippen LogP contribution in [0.25, 0.3) is 22.6 Å². The molecule has 0 saturated carbocycles. The van der Waals surface area contributed by atoms with Crippen molar-refractivity contribution in [1.29, 1.82) is 0 Å². The fourth-order valence-electron chi connectivity index (χ4n) is 3.40. The van der Waals surface area contributed by atoms with Crippen molar-refractivity contribution in [3.8, 4) is 28.4 Å². The lowest BCUT2D eigenvalue weighted by molar-refractivity contribution is -0.116. The third kappa shape index (κ3) is 4.79. The summed E-state index contributed by atoms with van der Waals surface area (Å²) < 4.78 is 7.77. The molecule has 1 amide bonds. The van der Waals surface area contributed by atoms with Gasteiger partial charge in [0.2, 0.25) is 5.91 Å². The van der Waals surface area contributed by atoms with E-state index in [9.17, 15) is 4.79 Å². The fourth-order valence-corrected chi connectivity index (χ4v) is 4.35. The maximum absolute atomic E-state index is 12.6. The van der Waals surface area contributed by atoms with Crippen LogP contribution in [0.15, 0.2) is 47.8 Å². The lowest BCUT2D eigenvalue weighted by Crippen LogP contribution is -2.15. The van der Waals surface area contributed by atoms with Crippen LogP contribution in [0, 0.1) is 18.6 Å². The van der Waals surface area contributed by atoms with Gasteiger partial charge in [0.05, 0.1) is 12.8 Å². The van der Waals surface area contributed by atoms with Crippen molar-refractivity contribution in [2.24, 2.45) is 0 Å². The number of nitrogens with zero attached hydrogens (tertiary/aromatic N) is 3. The van der Waals surface area contributed by atoms with Crippen LogP contribution in [0.4, 0.5) is 5.13 Å². The van der Waals surface area contributed by atoms with Crippen molar-refractivity contribution >= 4 is 34.6 Å². The highest BCUT2D eigenvalue weighted by Crippen LogP contribution is 2.33. The number of carbonyl (C=O) groups excluding carboxylic acids is 1. The van der Waals surface area contributed by atoms with Crippen molar-refractivity contribution < 1.29 is 9.53 Å². The molecule has 2 heterocycles. The molecule has 4 aromatic rings. The Labute approximate surface area is 195 Å². The molecule has 2 aromatic carbocycles. The molecule has 0 fully saturated rings.